The van der Waals surface area contributed by atoms with Gasteiger partial charge in [-0.2, -0.15) is 8.42 Å². The second-order valence-corrected chi connectivity index (χ2v) is 6.97. The molecule has 0 aliphatic carbocycles. The number of nitrogens with two attached hydrogens (primary N) is 1. The lowest BCUT2D eigenvalue weighted by molar-refractivity contribution is -0.117. The van der Waals surface area contributed by atoms with Crippen molar-refractivity contribution < 1.29 is 13.2 Å². The number of hydrogen-bond donors (Lipinski definition) is 1. The fourth-order valence-corrected chi connectivity index (χ4v) is 3.26. The van der Waals surface area contributed by atoms with Crippen LogP contribution in [0.4, 0.5) is 0 Å². The summed E-state index contributed by atoms with van der Waals surface area (Å²) in [6.07, 6.45) is 4.32. The number of aromatic nitrogens is 1. The molecule has 8 heteroatoms. The second-order valence-electron chi connectivity index (χ2n) is 5.37. The van der Waals surface area contributed by atoms with E-state index in [1.165, 1.54) is 17.3 Å². The molecule has 0 radical (unpaired) electrons. The zero-order valence-corrected chi connectivity index (χ0v) is 14.2. The number of nitrogens with zero attached hydrogens (tertiary/aromatic N) is 3. The lowest BCUT2D eigenvalue weighted by atomic mass is 10.0. The Labute approximate surface area is 140 Å². The van der Waals surface area contributed by atoms with Crippen molar-refractivity contribution in [2.24, 2.45) is 10.1 Å². The lowest BCUT2D eigenvalue weighted by Crippen LogP contribution is -2.14. The van der Waals surface area contributed by atoms with Crippen LogP contribution in [0.2, 0.25) is 0 Å². The molecule has 0 saturated heterocycles. The van der Waals surface area contributed by atoms with Crippen LogP contribution in [-0.2, 0) is 21.2 Å². The fourth-order valence-electron chi connectivity index (χ4n) is 2.07. The van der Waals surface area contributed by atoms with Crippen LogP contribution in [-0.4, -0.2) is 44.6 Å². The number of rotatable bonds is 6. The van der Waals surface area contributed by atoms with Gasteiger partial charge >= 0.3 is 0 Å². The minimum Gasteiger partial charge on any atom is -0.369 e. The van der Waals surface area contributed by atoms with Gasteiger partial charge in [0, 0.05) is 32.1 Å². The van der Waals surface area contributed by atoms with Gasteiger partial charge in [0.05, 0.1) is 11.3 Å². The maximum Gasteiger partial charge on any atom is 0.284 e. The highest BCUT2D eigenvalue weighted by molar-refractivity contribution is 7.90. The zero-order valence-electron chi connectivity index (χ0n) is 13.4. The quantitative estimate of drug-likeness (QED) is 0.622. The molecule has 0 spiro atoms. The van der Waals surface area contributed by atoms with Crippen molar-refractivity contribution in [2.45, 2.75) is 11.3 Å². The van der Waals surface area contributed by atoms with Crippen molar-refractivity contribution in [1.82, 2.24) is 9.88 Å². The first-order chi connectivity index (χ1) is 11.3. The molecule has 2 aromatic rings. The molecule has 0 fully saturated rings. The van der Waals surface area contributed by atoms with Gasteiger partial charge in [0.15, 0.2) is 0 Å². The van der Waals surface area contributed by atoms with E-state index in [2.05, 4.69) is 9.38 Å². The van der Waals surface area contributed by atoms with Gasteiger partial charge in [-0.3, -0.25) is 9.78 Å². The predicted molar refractivity (Wildman–Crippen MR) is 91.9 cm³/mol. The fraction of sp³-hybridized carbons (Fsp3) is 0.188. The summed E-state index contributed by atoms with van der Waals surface area (Å²) < 4.78 is 28.9. The van der Waals surface area contributed by atoms with Crippen molar-refractivity contribution in [2.75, 3.05) is 14.1 Å². The summed E-state index contributed by atoms with van der Waals surface area (Å²) in [5.74, 6) is -0.535. The van der Waals surface area contributed by atoms with Gasteiger partial charge in [-0.25, -0.2) is 0 Å². The van der Waals surface area contributed by atoms with Gasteiger partial charge in [0.2, 0.25) is 5.91 Å². The Balaban J connectivity index is 2.62. The normalized spacial score (nSPS) is 11.6. The third kappa shape index (κ3) is 4.39. The van der Waals surface area contributed by atoms with Crippen molar-refractivity contribution >= 4 is 22.3 Å². The molecular weight excluding hydrogens is 328 g/mol. The molecule has 2 rings (SSSR count). The van der Waals surface area contributed by atoms with E-state index in [9.17, 15) is 13.2 Å². The van der Waals surface area contributed by atoms with Gasteiger partial charge in [-0.05, 0) is 29.3 Å². The van der Waals surface area contributed by atoms with Crippen molar-refractivity contribution in [3.8, 4) is 11.1 Å². The minimum atomic E-state index is -3.94. The van der Waals surface area contributed by atoms with E-state index >= 15 is 0 Å². The maximum absolute atomic E-state index is 12.6. The molecule has 0 bridgehead atoms. The van der Waals surface area contributed by atoms with E-state index in [-0.39, 0.29) is 11.3 Å². The van der Waals surface area contributed by atoms with Crippen LogP contribution in [0.3, 0.4) is 0 Å². The molecule has 1 aromatic heterocycles. The van der Waals surface area contributed by atoms with Crippen LogP contribution >= 0.6 is 0 Å². The molecule has 1 amide bonds. The van der Waals surface area contributed by atoms with Crippen LogP contribution in [0.15, 0.2) is 52.0 Å². The Morgan fingerprint density at radius 1 is 1.25 bits per heavy atom. The molecule has 0 aliphatic rings. The van der Waals surface area contributed by atoms with Gasteiger partial charge in [0.1, 0.15) is 6.34 Å². The number of carbonyl (C=O) groups excluding carboxylic acids is 1. The monoisotopic (exact) mass is 346 g/mol. The Bertz CT molecular complexity index is 862. The second kappa shape index (κ2) is 7.22. The number of hydrogen-bond acceptors (Lipinski definition) is 4. The minimum absolute atomic E-state index is 0.0190. The molecule has 1 aromatic carbocycles. The van der Waals surface area contributed by atoms with Crippen molar-refractivity contribution in [3.05, 3.63) is 48.3 Å². The van der Waals surface area contributed by atoms with E-state index in [0.29, 0.717) is 16.7 Å². The van der Waals surface area contributed by atoms with Crippen LogP contribution in [0, 0.1) is 0 Å². The first-order valence-corrected chi connectivity index (χ1v) is 8.52. The summed E-state index contributed by atoms with van der Waals surface area (Å²) in [4.78, 5) is 16.6. The third-order valence-corrected chi connectivity index (χ3v) is 4.38. The molecule has 7 nitrogen and oxygen atoms in total. The van der Waals surface area contributed by atoms with Crippen molar-refractivity contribution in [3.63, 3.8) is 0 Å². The molecule has 0 unspecified atom stereocenters. The van der Waals surface area contributed by atoms with Crippen LogP contribution in [0.25, 0.3) is 11.1 Å². The molecule has 126 valence electrons. The van der Waals surface area contributed by atoms with Gasteiger partial charge in [-0.1, -0.05) is 12.1 Å². The molecule has 0 saturated carbocycles. The lowest BCUT2D eigenvalue weighted by Gasteiger charge is -2.11. The third-order valence-electron chi connectivity index (χ3n) is 3.11. The van der Waals surface area contributed by atoms with E-state index < -0.39 is 15.9 Å². The van der Waals surface area contributed by atoms with Crippen LogP contribution in [0.5, 0.6) is 0 Å². The van der Waals surface area contributed by atoms with Crippen LogP contribution in [0.1, 0.15) is 5.56 Å². The molecule has 0 atom stereocenters. The average Bonchev–Trinajstić information content (AvgIpc) is 2.53. The predicted octanol–water partition coefficient (Wildman–Crippen LogP) is 1.06. The van der Waals surface area contributed by atoms with E-state index in [1.807, 2.05) is 0 Å². The topological polar surface area (TPSA) is 106 Å². The summed E-state index contributed by atoms with van der Waals surface area (Å²) in [5.41, 5.74) is 6.89. The highest BCUT2D eigenvalue weighted by Crippen LogP contribution is 2.29. The molecule has 2 N–H and O–H groups in total. The summed E-state index contributed by atoms with van der Waals surface area (Å²) in [6, 6.07) is 8.17. The number of primary amides is 1. The molecule has 24 heavy (non-hydrogen) atoms. The number of sulfonamides is 1. The average molecular weight is 346 g/mol. The smallest absolute Gasteiger partial charge is 0.284 e. The maximum atomic E-state index is 12.6. The van der Waals surface area contributed by atoms with E-state index in [0.717, 1.165) is 0 Å². The summed E-state index contributed by atoms with van der Waals surface area (Å²) in [5, 5.41) is 0. The molecule has 1 heterocycles. The Kier molecular flexibility index (Phi) is 5.30. The SMILES string of the molecule is CN(C)C=NS(=O)(=O)c1cc(CC(N)=O)ccc1-c1ccncc1. The Morgan fingerprint density at radius 2 is 1.92 bits per heavy atom. The number of carbonyl (C=O) groups is 1. The molecule has 0 aliphatic heterocycles. The number of amides is 1. The molecular formula is C16H18N4O3S. The van der Waals surface area contributed by atoms with Gasteiger partial charge in [0.25, 0.3) is 10.0 Å². The van der Waals surface area contributed by atoms with E-state index in [1.54, 1.807) is 50.8 Å². The zero-order chi connectivity index (χ0) is 17.7. The highest BCUT2D eigenvalue weighted by atomic mass is 32.2. The van der Waals surface area contributed by atoms with Crippen LogP contribution < -0.4 is 5.73 Å². The standard InChI is InChI=1S/C16H18N4O3S/c1-20(2)11-19-24(22,23)15-9-12(10-16(17)21)3-4-14(15)13-5-7-18-8-6-13/h3-9,11H,10H2,1-2H3,(H2,17,21). The van der Waals surface area contributed by atoms with Gasteiger partial charge in [-0.15, -0.1) is 4.40 Å². The Morgan fingerprint density at radius 3 is 2.50 bits per heavy atom. The summed E-state index contributed by atoms with van der Waals surface area (Å²) in [7, 11) is -0.591. The Hall–Kier alpha value is -2.74. The highest BCUT2D eigenvalue weighted by Gasteiger charge is 2.19. The summed E-state index contributed by atoms with van der Waals surface area (Å²) in [6.45, 7) is 0. The van der Waals surface area contributed by atoms with Gasteiger partial charge < -0.3 is 10.6 Å². The first kappa shape index (κ1) is 17.6. The first-order valence-electron chi connectivity index (χ1n) is 7.08. The summed E-state index contributed by atoms with van der Waals surface area (Å²) >= 11 is 0. The largest absolute Gasteiger partial charge is 0.369 e. The van der Waals surface area contributed by atoms with E-state index in [4.69, 9.17) is 5.73 Å². The number of benzene rings is 1. The van der Waals surface area contributed by atoms with Crippen molar-refractivity contribution in [1.29, 1.82) is 0 Å². The number of pyridine rings is 1.